The fraction of sp³-hybridized carbons (Fsp3) is 0.0909. The molecule has 0 bridgehead atoms. The highest BCUT2D eigenvalue weighted by Crippen LogP contribution is 2.29. The molecule has 1 N–H and O–H groups in total. The van der Waals surface area contributed by atoms with Gasteiger partial charge < -0.3 is 5.11 Å². The number of nitriles is 1. The van der Waals surface area contributed by atoms with Crippen LogP contribution in [0.15, 0.2) is 29.8 Å². The molecule has 6 heteroatoms. The van der Waals surface area contributed by atoms with Crippen molar-refractivity contribution in [2.75, 3.05) is 0 Å². The molecule has 0 fully saturated rings. The van der Waals surface area contributed by atoms with Crippen LogP contribution in [0.4, 0.5) is 13.2 Å². The number of carbonyl (C=O) groups is 1. The Hall–Kier alpha value is -2.29. The van der Waals surface area contributed by atoms with Gasteiger partial charge in [-0.25, -0.2) is 4.79 Å². The lowest BCUT2D eigenvalue weighted by atomic mass is 10.1. The van der Waals surface area contributed by atoms with Crippen LogP contribution in [0.25, 0.3) is 6.08 Å². The van der Waals surface area contributed by atoms with Crippen molar-refractivity contribution in [2.45, 2.75) is 6.18 Å². The first kappa shape index (κ1) is 12.8. The van der Waals surface area contributed by atoms with Gasteiger partial charge in [-0.15, -0.1) is 0 Å². The van der Waals surface area contributed by atoms with Gasteiger partial charge in [0, 0.05) is 0 Å². The Labute approximate surface area is 94.4 Å². The summed E-state index contributed by atoms with van der Waals surface area (Å²) in [6.45, 7) is 0. The van der Waals surface area contributed by atoms with Crippen LogP contribution in [0.5, 0.6) is 0 Å². The highest BCUT2D eigenvalue weighted by atomic mass is 19.4. The Kier molecular flexibility index (Phi) is 3.53. The van der Waals surface area contributed by atoms with E-state index in [0.29, 0.717) is 0 Å². The summed E-state index contributed by atoms with van der Waals surface area (Å²) in [6.07, 6.45) is -3.43. The number of aliphatic carboxylic acids is 1. The zero-order chi connectivity index (χ0) is 13.1. The summed E-state index contributed by atoms with van der Waals surface area (Å²) in [6, 6.07) is 5.28. The molecule has 1 aromatic rings. The van der Waals surface area contributed by atoms with Gasteiger partial charge in [0.25, 0.3) is 0 Å². The largest absolute Gasteiger partial charge is 0.477 e. The van der Waals surface area contributed by atoms with Crippen LogP contribution in [-0.2, 0) is 11.0 Å². The second-order valence-corrected chi connectivity index (χ2v) is 3.09. The number of carboxylic acids is 1. The topological polar surface area (TPSA) is 61.1 Å². The minimum absolute atomic E-state index is 0.219. The third kappa shape index (κ3) is 3.34. The molecule has 0 aliphatic heterocycles. The standard InChI is InChI=1S/C11H6F3NO2/c12-11(13,14)9-3-1-7(2-4-9)5-8(6-15)10(16)17/h1-5H,(H,16,17)/b8-5-. The monoisotopic (exact) mass is 241 g/mol. The minimum atomic E-state index is -4.44. The van der Waals surface area contributed by atoms with Gasteiger partial charge in [-0.3, -0.25) is 0 Å². The van der Waals surface area contributed by atoms with Crippen LogP contribution < -0.4 is 0 Å². The van der Waals surface area contributed by atoms with Crippen molar-refractivity contribution in [3.05, 3.63) is 41.0 Å². The normalized spacial score (nSPS) is 12.0. The molecular weight excluding hydrogens is 235 g/mol. The molecule has 0 radical (unpaired) electrons. The summed E-state index contributed by atoms with van der Waals surface area (Å²) < 4.78 is 36.6. The van der Waals surface area contributed by atoms with E-state index >= 15 is 0 Å². The molecule has 0 saturated heterocycles. The van der Waals surface area contributed by atoms with Gasteiger partial charge in [0.05, 0.1) is 5.56 Å². The zero-order valence-corrected chi connectivity index (χ0v) is 8.32. The average molecular weight is 241 g/mol. The first-order valence-corrected chi connectivity index (χ1v) is 4.37. The Bertz CT molecular complexity index is 495. The van der Waals surface area contributed by atoms with Crippen molar-refractivity contribution < 1.29 is 23.1 Å². The van der Waals surface area contributed by atoms with Gasteiger partial charge in [0.15, 0.2) is 0 Å². The summed E-state index contributed by atoms with van der Waals surface area (Å²) in [5.74, 6) is -1.42. The first-order chi connectivity index (χ1) is 7.84. The second kappa shape index (κ2) is 4.70. The third-order valence-corrected chi connectivity index (χ3v) is 1.90. The van der Waals surface area contributed by atoms with Crippen molar-refractivity contribution in [3.8, 4) is 6.07 Å². The molecule has 0 aliphatic carbocycles. The van der Waals surface area contributed by atoms with Crippen LogP contribution in [0.1, 0.15) is 11.1 Å². The predicted molar refractivity (Wildman–Crippen MR) is 52.7 cm³/mol. The number of halogens is 3. The maximum atomic E-state index is 12.2. The minimum Gasteiger partial charge on any atom is -0.477 e. The molecule has 0 heterocycles. The lowest BCUT2D eigenvalue weighted by molar-refractivity contribution is -0.137. The van der Waals surface area contributed by atoms with Crippen molar-refractivity contribution >= 4 is 12.0 Å². The van der Waals surface area contributed by atoms with Crippen LogP contribution in [0.3, 0.4) is 0 Å². The van der Waals surface area contributed by atoms with Crippen LogP contribution in [0, 0.1) is 11.3 Å². The van der Waals surface area contributed by atoms with Crippen LogP contribution in [0.2, 0.25) is 0 Å². The van der Waals surface area contributed by atoms with Crippen LogP contribution in [-0.4, -0.2) is 11.1 Å². The second-order valence-electron chi connectivity index (χ2n) is 3.09. The SMILES string of the molecule is N#C/C(=C/c1ccc(C(F)(F)F)cc1)C(=O)O. The van der Waals surface area contributed by atoms with E-state index in [1.807, 2.05) is 0 Å². The molecule has 0 aliphatic rings. The van der Waals surface area contributed by atoms with Gasteiger partial charge in [0.2, 0.25) is 0 Å². The zero-order valence-electron chi connectivity index (χ0n) is 8.32. The van der Waals surface area contributed by atoms with Gasteiger partial charge in [-0.2, -0.15) is 18.4 Å². The molecule has 0 atom stereocenters. The number of carboxylic acid groups (broad SMARTS) is 1. The highest BCUT2D eigenvalue weighted by molar-refractivity contribution is 5.96. The molecule has 0 spiro atoms. The highest BCUT2D eigenvalue weighted by Gasteiger charge is 2.29. The van der Waals surface area contributed by atoms with Gasteiger partial charge in [-0.05, 0) is 23.8 Å². The quantitative estimate of drug-likeness (QED) is 0.639. The summed E-state index contributed by atoms with van der Waals surface area (Å²) in [7, 11) is 0. The lowest BCUT2D eigenvalue weighted by Gasteiger charge is -2.05. The predicted octanol–water partition coefficient (Wildman–Crippen LogP) is 2.70. The van der Waals surface area contributed by atoms with E-state index in [1.54, 1.807) is 0 Å². The summed E-state index contributed by atoms with van der Waals surface area (Å²) in [5.41, 5.74) is -1.15. The summed E-state index contributed by atoms with van der Waals surface area (Å²) in [5, 5.41) is 17.0. The molecule has 17 heavy (non-hydrogen) atoms. The van der Waals surface area contributed by atoms with Crippen LogP contribution >= 0.6 is 0 Å². The average Bonchev–Trinajstić information content (AvgIpc) is 2.25. The first-order valence-electron chi connectivity index (χ1n) is 4.37. The molecular formula is C11H6F3NO2. The fourth-order valence-corrected chi connectivity index (χ4v) is 1.08. The maximum absolute atomic E-state index is 12.2. The number of benzene rings is 1. The number of alkyl halides is 3. The van der Waals surface area contributed by atoms with E-state index in [9.17, 15) is 18.0 Å². The van der Waals surface area contributed by atoms with Gasteiger partial charge in [0.1, 0.15) is 11.6 Å². The van der Waals surface area contributed by atoms with Crippen molar-refractivity contribution in [1.29, 1.82) is 5.26 Å². The molecule has 0 saturated carbocycles. The van der Waals surface area contributed by atoms with E-state index in [2.05, 4.69) is 0 Å². The van der Waals surface area contributed by atoms with E-state index in [0.717, 1.165) is 30.3 Å². The number of hydrogen-bond donors (Lipinski definition) is 1. The number of rotatable bonds is 2. The van der Waals surface area contributed by atoms with Gasteiger partial charge >= 0.3 is 12.1 Å². The maximum Gasteiger partial charge on any atom is 0.416 e. The molecule has 0 unspecified atom stereocenters. The molecule has 0 aromatic heterocycles. The van der Waals surface area contributed by atoms with Crippen molar-refractivity contribution in [1.82, 2.24) is 0 Å². The molecule has 3 nitrogen and oxygen atoms in total. The lowest BCUT2D eigenvalue weighted by Crippen LogP contribution is -2.04. The molecule has 1 aromatic carbocycles. The third-order valence-electron chi connectivity index (χ3n) is 1.90. The van der Waals surface area contributed by atoms with Crippen molar-refractivity contribution in [2.24, 2.45) is 0 Å². The van der Waals surface area contributed by atoms with Crippen molar-refractivity contribution in [3.63, 3.8) is 0 Å². The van der Waals surface area contributed by atoms with E-state index < -0.39 is 23.3 Å². The Balaban J connectivity index is 3.05. The molecule has 0 amide bonds. The summed E-state index contributed by atoms with van der Waals surface area (Å²) >= 11 is 0. The fourth-order valence-electron chi connectivity index (χ4n) is 1.08. The van der Waals surface area contributed by atoms with E-state index in [4.69, 9.17) is 10.4 Å². The molecule has 88 valence electrons. The van der Waals surface area contributed by atoms with E-state index in [1.165, 1.54) is 6.07 Å². The number of hydrogen-bond acceptors (Lipinski definition) is 2. The Morgan fingerprint density at radius 3 is 2.18 bits per heavy atom. The Morgan fingerprint density at radius 2 is 1.82 bits per heavy atom. The Morgan fingerprint density at radius 1 is 1.29 bits per heavy atom. The van der Waals surface area contributed by atoms with E-state index in [-0.39, 0.29) is 5.56 Å². The summed E-state index contributed by atoms with van der Waals surface area (Å²) in [4.78, 5) is 10.5. The van der Waals surface area contributed by atoms with Gasteiger partial charge in [-0.1, -0.05) is 12.1 Å². The number of nitrogens with zero attached hydrogens (tertiary/aromatic N) is 1. The smallest absolute Gasteiger partial charge is 0.416 e. The molecule has 1 rings (SSSR count).